The summed E-state index contributed by atoms with van der Waals surface area (Å²) in [5, 5.41) is 0. The minimum Gasteiger partial charge on any atom is -0.379 e. The van der Waals surface area contributed by atoms with E-state index in [1.54, 1.807) is 5.94 Å². The molecule has 0 bridgehead atoms. The molecule has 63 valence electrons. The molecule has 1 heterocycles. The van der Waals surface area contributed by atoms with Crippen LogP contribution in [0.5, 0.6) is 0 Å². The minimum atomic E-state index is -0.327. The highest BCUT2D eigenvalue weighted by atomic mass is 16.5. The van der Waals surface area contributed by atoms with E-state index >= 15 is 0 Å². The molecule has 1 aliphatic rings. The Morgan fingerprint density at radius 2 is 2.17 bits per heavy atom. The van der Waals surface area contributed by atoms with E-state index in [1.807, 2.05) is 4.90 Å². The molecule has 1 unspecified atom stereocenters. The van der Waals surface area contributed by atoms with Crippen molar-refractivity contribution in [3.63, 3.8) is 0 Å². The van der Waals surface area contributed by atoms with Gasteiger partial charge in [-0.1, -0.05) is 5.92 Å². The predicted octanol–water partition coefficient (Wildman–Crippen LogP) is -0.335. The standard InChI is InChI=1S/C9H10NO2/c1-2-9(3-6-11)10-4-7-12-8-5-10/h3,9H,4-5,7-8H2. The molecule has 1 saturated heterocycles. The maximum Gasteiger partial charge on any atom is 0.122 e. The summed E-state index contributed by atoms with van der Waals surface area (Å²) in [6.45, 7) is 2.80. The summed E-state index contributed by atoms with van der Waals surface area (Å²) in [5.41, 5.74) is 0. The summed E-state index contributed by atoms with van der Waals surface area (Å²) >= 11 is 0. The molecular weight excluding hydrogens is 154 g/mol. The van der Waals surface area contributed by atoms with Crippen molar-refractivity contribution < 1.29 is 9.53 Å². The van der Waals surface area contributed by atoms with Crippen molar-refractivity contribution in [2.24, 2.45) is 0 Å². The molecular formula is C9H10NO2. The van der Waals surface area contributed by atoms with Crippen molar-refractivity contribution in [2.75, 3.05) is 26.3 Å². The second-order valence-corrected chi connectivity index (χ2v) is 2.52. The molecule has 0 spiro atoms. The Morgan fingerprint density at radius 3 is 2.67 bits per heavy atom. The molecule has 0 aliphatic carbocycles. The van der Waals surface area contributed by atoms with Gasteiger partial charge < -0.3 is 4.74 Å². The summed E-state index contributed by atoms with van der Waals surface area (Å²) in [7, 11) is 0. The molecule has 0 amide bonds. The van der Waals surface area contributed by atoms with Crippen LogP contribution in [0.15, 0.2) is 6.08 Å². The first-order valence-electron chi connectivity index (χ1n) is 3.83. The Labute approximate surface area is 72.0 Å². The topological polar surface area (TPSA) is 29.5 Å². The molecule has 3 heteroatoms. The van der Waals surface area contributed by atoms with Crippen LogP contribution in [0.4, 0.5) is 0 Å². The predicted molar refractivity (Wildman–Crippen MR) is 43.6 cm³/mol. The Bertz CT molecular complexity index is 219. The average Bonchev–Trinajstić information content (AvgIpc) is 2.15. The van der Waals surface area contributed by atoms with Crippen LogP contribution in [0.25, 0.3) is 0 Å². The maximum atomic E-state index is 10.1. The van der Waals surface area contributed by atoms with Crippen molar-refractivity contribution in [3.05, 3.63) is 12.5 Å². The monoisotopic (exact) mass is 164 g/mol. The average molecular weight is 164 g/mol. The van der Waals surface area contributed by atoms with Crippen LogP contribution >= 0.6 is 0 Å². The van der Waals surface area contributed by atoms with Gasteiger partial charge in [-0.05, 0) is 6.42 Å². The fourth-order valence-corrected chi connectivity index (χ4v) is 1.16. The smallest absolute Gasteiger partial charge is 0.122 e. The quantitative estimate of drug-likeness (QED) is 0.413. The van der Waals surface area contributed by atoms with E-state index in [2.05, 4.69) is 5.92 Å². The van der Waals surface area contributed by atoms with E-state index in [1.165, 1.54) is 6.08 Å². The summed E-state index contributed by atoms with van der Waals surface area (Å²) in [6.07, 6.45) is 8.26. The van der Waals surface area contributed by atoms with Gasteiger partial charge in [-0.15, -0.1) is 0 Å². The van der Waals surface area contributed by atoms with Crippen LogP contribution in [0.2, 0.25) is 0 Å². The molecule has 1 aliphatic heterocycles. The summed E-state index contributed by atoms with van der Waals surface area (Å²) in [4.78, 5) is 12.0. The van der Waals surface area contributed by atoms with E-state index in [0.717, 1.165) is 13.1 Å². The van der Waals surface area contributed by atoms with Gasteiger partial charge in [0.2, 0.25) is 0 Å². The zero-order valence-corrected chi connectivity index (χ0v) is 6.75. The molecule has 3 nitrogen and oxygen atoms in total. The third-order valence-electron chi connectivity index (χ3n) is 1.81. The van der Waals surface area contributed by atoms with E-state index in [0.29, 0.717) is 13.2 Å². The molecule has 12 heavy (non-hydrogen) atoms. The second kappa shape index (κ2) is 4.74. The van der Waals surface area contributed by atoms with Crippen molar-refractivity contribution in [1.82, 2.24) is 4.90 Å². The first kappa shape index (κ1) is 9.02. The molecule has 1 rings (SSSR count). The third kappa shape index (κ3) is 2.21. The lowest BCUT2D eigenvalue weighted by Gasteiger charge is -2.28. The zero-order valence-electron chi connectivity index (χ0n) is 6.75. The molecule has 0 aromatic rings. The van der Waals surface area contributed by atoms with Gasteiger partial charge in [-0.25, -0.2) is 4.79 Å². The largest absolute Gasteiger partial charge is 0.379 e. The van der Waals surface area contributed by atoms with Gasteiger partial charge >= 0.3 is 0 Å². The van der Waals surface area contributed by atoms with E-state index in [4.69, 9.17) is 11.2 Å². The highest BCUT2D eigenvalue weighted by Gasteiger charge is 2.16. The summed E-state index contributed by atoms with van der Waals surface area (Å²) < 4.78 is 5.13. The third-order valence-corrected chi connectivity index (χ3v) is 1.81. The van der Waals surface area contributed by atoms with E-state index in [-0.39, 0.29) is 6.04 Å². The first-order chi connectivity index (χ1) is 5.88. The molecule has 0 saturated carbocycles. The van der Waals surface area contributed by atoms with Crippen molar-refractivity contribution in [1.29, 1.82) is 0 Å². The summed E-state index contributed by atoms with van der Waals surface area (Å²) in [5.74, 6) is 3.95. The van der Waals surface area contributed by atoms with Gasteiger partial charge in [-0.3, -0.25) is 4.90 Å². The lowest BCUT2D eigenvalue weighted by atomic mass is 10.2. The highest BCUT2D eigenvalue weighted by molar-refractivity contribution is 5.48. The minimum absolute atomic E-state index is 0.327. The number of hydrogen-bond donors (Lipinski definition) is 0. The number of nitrogens with zero attached hydrogens (tertiary/aromatic N) is 1. The van der Waals surface area contributed by atoms with Gasteiger partial charge in [0.15, 0.2) is 0 Å². The normalized spacial score (nSPS) is 20.6. The van der Waals surface area contributed by atoms with Gasteiger partial charge in [-0.2, -0.15) is 0 Å². The van der Waals surface area contributed by atoms with Crippen LogP contribution in [-0.4, -0.2) is 43.2 Å². The summed E-state index contributed by atoms with van der Waals surface area (Å²) in [6, 6.07) is -0.327. The Hall–Kier alpha value is -1.07. The maximum absolute atomic E-state index is 10.1. The van der Waals surface area contributed by atoms with Crippen LogP contribution in [0, 0.1) is 12.3 Å². The number of morpholine rings is 1. The van der Waals surface area contributed by atoms with Crippen molar-refractivity contribution in [3.8, 4) is 5.92 Å². The molecule has 0 N–H and O–H groups in total. The Balaban J connectivity index is 2.53. The lowest BCUT2D eigenvalue weighted by Crippen LogP contribution is -2.42. The fourth-order valence-electron chi connectivity index (χ4n) is 1.16. The molecule has 0 aromatic heterocycles. The van der Waals surface area contributed by atoms with Crippen molar-refractivity contribution in [2.45, 2.75) is 6.04 Å². The number of ether oxygens (including phenoxy) is 1. The zero-order chi connectivity index (χ0) is 8.81. The number of rotatable bonds is 2. The Morgan fingerprint density at radius 1 is 1.50 bits per heavy atom. The first-order valence-corrected chi connectivity index (χ1v) is 3.83. The second-order valence-electron chi connectivity index (χ2n) is 2.52. The molecule has 1 radical (unpaired) electrons. The van der Waals surface area contributed by atoms with E-state index in [9.17, 15) is 4.79 Å². The molecule has 0 aromatic carbocycles. The van der Waals surface area contributed by atoms with Crippen LogP contribution in [-0.2, 0) is 9.53 Å². The number of hydrogen-bond acceptors (Lipinski definition) is 3. The van der Waals surface area contributed by atoms with Gasteiger partial charge in [0.25, 0.3) is 0 Å². The van der Waals surface area contributed by atoms with Gasteiger partial charge in [0, 0.05) is 19.2 Å². The van der Waals surface area contributed by atoms with Crippen LogP contribution in [0.1, 0.15) is 0 Å². The van der Waals surface area contributed by atoms with Crippen LogP contribution < -0.4 is 0 Å². The SMILES string of the molecule is [C]#CC(C=C=O)N1CCOCC1. The molecule has 1 fully saturated rings. The van der Waals surface area contributed by atoms with Gasteiger partial charge in [0.05, 0.1) is 13.2 Å². The van der Waals surface area contributed by atoms with E-state index < -0.39 is 0 Å². The lowest BCUT2D eigenvalue weighted by molar-refractivity contribution is 0.0344. The van der Waals surface area contributed by atoms with Crippen LogP contribution in [0.3, 0.4) is 0 Å². The fraction of sp³-hybridized carbons (Fsp3) is 0.556. The molecule has 1 atom stereocenters. The highest BCUT2D eigenvalue weighted by Crippen LogP contribution is 2.02. The Kier molecular flexibility index (Phi) is 3.56. The number of carbonyl (C=O) groups excluding carboxylic acids is 1. The van der Waals surface area contributed by atoms with Crippen molar-refractivity contribution >= 4 is 5.94 Å². The van der Waals surface area contributed by atoms with Gasteiger partial charge in [0.1, 0.15) is 12.0 Å².